The smallest absolute Gasteiger partial charge is 0.411 e. The zero-order valence-electron chi connectivity index (χ0n) is 15.3. The molecule has 2 aromatic rings. The number of carbonyl (C=O) groups is 1. The number of carbonyl (C=O) groups excluding carboxylic acids is 1. The second-order valence-electron chi connectivity index (χ2n) is 6.60. The van der Waals surface area contributed by atoms with Gasteiger partial charge in [0.2, 0.25) is 16.8 Å². The lowest BCUT2D eigenvalue weighted by Gasteiger charge is -2.17. The third kappa shape index (κ3) is 3.50. The number of benzene rings is 2. The van der Waals surface area contributed by atoms with Crippen LogP contribution in [0.1, 0.15) is 17.9 Å². The molecule has 2 aromatic carbocycles. The molecule has 1 N–H and O–H groups in total. The quantitative estimate of drug-likeness (QED) is 0.842. The summed E-state index contributed by atoms with van der Waals surface area (Å²) in [6.07, 6.45) is 0.127. The van der Waals surface area contributed by atoms with Gasteiger partial charge in [-0.3, -0.25) is 5.32 Å². The molecule has 2 heterocycles. The Morgan fingerprint density at radius 2 is 1.89 bits per heavy atom. The number of amides is 1. The monoisotopic (exact) mass is 404 g/mol. The van der Waals surface area contributed by atoms with E-state index in [9.17, 15) is 13.2 Å². The van der Waals surface area contributed by atoms with Gasteiger partial charge in [0.1, 0.15) is 0 Å². The van der Waals surface area contributed by atoms with E-state index in [1.165, 1.54) is 35.7 Å². The van der Waals surface area contributed by atoms with Gasteiger partial charge in [0, 0.05) is 18.8 Å². The molecule has 0 aromatic heterocycles. The molecule has 1 saturated heterocycles. The molecule has 8 nitrogen and oxygen atoms in total. The van der Waals surface area contributed by atoms with E-state index in [0.717, 1.165) is 12.0 Å². The fraction of sp³-hybridized carbons (Fsp3) is 0.316. The van der Waals surface area contributed by atoms with Gasteiger partial charge in [-0.25, -0.2) is 13.2 Å². The van der Waals surface area contributed by atoms with Gasteiger partial charge in [0.15, 0.2) is 11.5 Å². The number of hydrogen-bond donors (Lipinski definition) is 1. The molecule has 148 valence electrons. The minimum atomic E-state index is -3.61. The number of methoxy groups -OCH3 is 1. The first-order valence-electron chi connectivity index (χ1n) is 8.82. The van der Waals surface area contributed by atoms with Crippen molar-refractivity contribution >= 4 is 21.8 Å². The van der Waals surface area contributed by atoms with Gasteiger partial charge < -0.3 is 14.2 Å². The molecule has 0 saturated carbocycles. The summed E-state index contributed by atoms with van der Waals surface area (Å²) in [6.45, 7) is 1.07. The van der Waals surface area contributed by atoms with Crippen molar-refractivity contribution in [2.45, 2.75) is 17.2 Å². The highest BCUT2D eigenvalue weighted by atomic mass is 32.2. The predicted molar refractivity (Wildman–Crippen MR) is 101 cm³/mol. The van der Waals surface area contributed by atoms with Crippen LogP contribution in [0.15, 0.2) is 47.4 Å². The summed E-state index contributed by atoms with van der Waals surface area (Å²) in [7, 11) is -2.35. The van der Waals surface area contributed by atoms with Crippen molar-refractivity contribution in [3.63, 3.8) is 0 Å². The molecule has 0 aliphatic carbocycles. The molecule has 0 radical (unpaired) electrons. The molecular formula is C19H20N2O6S. The number of rotatable bonds is 4. The Kier molecular flexibility index (Phi) is 4.86. The average molecular weight is 404 g/mol. The Hall–Kier alpha value is -2.78. The highest BCUT2D eigenvalue weighted by molar-refractivity contribution is 7.89. The van der Waals surface area contributed by atoms with Crippen LogP contribution in [0.25, 0.3) is 0 Å². The summed E-state index contributed by atoms with van der Waals surface area (Å²) in [5.74, 6) is 1.52. The fourth-order valence-corrected chi connectivity index (χ4v) is 4.91. The first kappa shape index (κ1) is 18.6. The predicted octanol–water partition coefficient (Wildman–Crippen LogP) is 2.77. The van der Waals surface area contributed by atoms with Crippen LogP contribution < -0.4 is 14.8 Å². The van der Waals surface area contributed by atoms with Gasteiger partial charge in [0.05, 0.1) is 12.0 Å². The Morgan fingerprint density at radius 3 is 2.64 bits per heavy atom. The van der Waals surface area contributed by atoms with Gasteiger partial charge in [-0.1, -0.05) is 6.07 Å². The Morgan fingerprint density at radius 1 is 1.14 bits per heavy atom. The van der Waals surface area contributed by atoms with Crippen molar-refractivity contribution in [1.29, 1.82) is 0 Å². The summed E-state index contributed by atoms with van der Waals surface area (Å²) >= 11 is 0. The van der Waals surface area contributed by atoms with E-state index in [0.29, 0.717) is 30.3 Å². The van der Waals surface area contributed by atoms with Gasteiger partial charge in [-0.15, -0.1) is 0 Å². The Balaban J connectivity index is 1.47. The first-order chi connectivity index (χ1) is 13.5. The summed E-state index contributed by atoms with van der Waals surface area (Å²) in [5.41, 5.74) is 1.50. The van der Waals surface area contributed by atoms with E-state index in [2.05, 4.69) is 10.1 Å². The molecule has 1 fully saturated rings. The molecule has 1 unspecified atom stereocenters. The SMILES string of the molecule is COC(=O)Nc1ccc(S(=O)(=O)N2CCC(c3ccc4c(c3)OCO4)C2)cc1. The molecule has 4 rings (SSSR count). The van der Waals surface area contributed by atoms with E-state index in [1.54, 1.807) is 0 Å². The fourth-order valence-electron chi connectivity index (χ4n) is 3.41. The van der Waals surface area contributed by atoms with Crippen LogP contribution in [0, 0.1) is 0 Å². The van der Waals surface area contributed by atoms with Crippen molar-refractivity contribution in [3.05, 3.63) is 48.0 Å². The first-order valence-corrected chi connectivity index (χ1v) is 10.3. The topological polar surface area (TPSA) is 94.2 Å². The standard InChI is InChI=1S/C19H20N2O6S/c1-25-19(22)20-15-3-5-16(6-4-15)28(23,24)21-9-8-14(11-21)13-2-7-17-18(10-13)27-12-26-17/h2-7,10,14H,8-9,11-12H2,1H3,(H,20,22). The van der Waals surface area contributed by atoms with Crippen molar-refractivity contribution < 1.29 is 27.4 Å². The molecule has 2 aliphatic heterocycles. The molecule has 1 amide bonds. The number of nitrogens with zero attached hydrogens (tertiary/aromatic N) is 1. The number of hydrogen-bond acceptors (Lipinski definition) is 6. The van der Waals surface area contributed by atoms with Crippen molar-refractivity contribution in [2.75, 3.05) is 32.3 Å². The van der Waals surface area contributed by atoms with Crippen LogP contribution in [0.3, 0.4) is 0 Å². The number of anilines is 1. The Labute approximate surface area is 163 Å². The zero-order valence-corrected chi connectivity index (χ0v) is 16.1. The van der Waals surface area contributed by atoms with E-state index in [4.69, 9.17) is 9.47 Å². The summed E-state index contributed by atoms with van der Waals surface area (Å²) in [5, 5.41) is 2.50. The molecule has 2 aliphatic rings. The minimum Gasteiger partial charge on any atom is -0.454 e. The van der Waals surface area contributed by atoms with Gasteiger partial charge in [-0.2, -0.15) is 4.31 Å². The number of sulfonamides is 1. The highest BCUT2D eigenvalue weighted by Crippen LogP contribution is 2.38. The lowest BCUT2D eigenvalue weighted by atomic mass is 9.98. The van der Waals surface area contributed by atoms with E-state index < -0.39 is 16.1 Å². The second-order valence-corrected chi connectivity index (χ2v) is 8.54. The number of ether oxygens (including phenoxy) is 3. The van der Waals surface area contributed by atoms with Crippen molar-refractivity contribution in [2.24, 2.45) is 0 Å². The second kappa shape index (κ2) is 7.33. The van der Waals surface area contributed by atoms with Crippen LogP contribution in [0.4, 0.5) is 10.5 Å². The van der Waals surface area contributed by atoms with Gasteiger partial charge in [-0.05, 0) is 54.3 Å². The third-order valence-corrected chi connectivity index (χ3v) is 6.82. The molecule has 0 spiro atoms. The zero-order chi connectivity index (χ0) is 19.7. The largest absolute Gasteiger partial charge is 0.454 e. The lowest BCUT2D eigenvalue weighted by Crippen LogP contribution is -2.28. The maximum absolute atomic E-state index is 13.0. The van der Waals surface area contributed by atoms with Crippen molar-refractivity contribution in [1.82, 2.24) is 4.31 Å². The van der Waals surface area contributed by atoms with Crippen LogP contribution in [0.5, 0.6) is 11.5 Å². The summed E-state index contributed by atoms with van der Waals surface area (Å²) < 4.78 is 42.7. The van der Waals surface area contributed by atoms with Crippen LogP contribution in [0.2, 0.25) is 0 Å². The molecular weight excluding hydrogens is 384 g/mol. The molecule has 28 heavy (non-hydrogen) atoms. The van der Waals surface area contributed by atoms with E-state index >= 15 is 0 Å². The third-order valence-electron chi connectivity index (χ3n) is 4.94. The minimum absolute atomic E-state index is 0.101. The summed E-state index contributed by atoms with van der Waals surface area (Å²) in [4.78, 5) is 11.4. The van der Waals surface area contributed by atoms with Crippen LogP contribution in [-0.2, 0) is 14.8 Å². The summed E-state index contributed by atoms with van der Waals surface area (Å²) in [6, 6.07) is 11.8. The van der Waals surface area contributed by atoms with E-state index in [-0.39, 0.29) is 17.6 Å². The van der Waals surface area contributed by atoms with Crippen LogP contribution in [-0.4, -0.2) is 45.8 Å². The average Bonchev–Trinajstić information content (AvgIpc) is 3.37. The van der Waals surface area contributed by atoms with Gasteiger partial charge >= 0.3 is 6.09 Å². The number of fused-ring (bicyclic) bond motifs is 1. The lowest BCUT2D eigenvalue weighted by molar-refractivity contribution is 0.174. The van der Waals surface area contributed by atoms with Crippen LogP contribution >= 0.6 is 0 Å². The molecule has 1 atom stereocenters. The van der Waals surface area contributed by atoms with Gasteiger partial charge in [0.25, 0.3) is 0 Å². The molecule has 9 heteroatoms. The maximum Gasteiger partial charge on any atom is 0.411 e. The Bertz CT molecular complexity index is 990. The van der Waals surface area contributed by atoms with Crippen molar-refractivity contribution in [3.8, 4) is 11.5 Å². The van der Waals surface area contributed by atoms with E-state index in [1.807, 2.05) is 18.2 Å². The highest BCUT2D eigenvalue weighted by Gasteiger charge is 2.33. The normalized spacial score (nSPS) is 18.8. The number of nitrogens with one attached hydrogen (secondary N) is 1. The molecule has 0 bridgehead atoms. The maximum atomic E-state index is 13.0.